The van der Waals surface area contributed by atoms with Gasteiger partial charge in [-0.15, -0.1) is 0 Å². The molecule has 2 aromatic heterocycles. The molecule has 0 spiro atoms. The van der Waals surface area contributed by atoms with Crippen LogP contribution < -0.4 is 15.0 Å². The number of anilines is 1. The van der Waals surface area contributed by atoms with Crippen LogP contribution in [-0.2, 0) is 6.18 Å². The maximum Gasteiger partial charge on any atom is 0.417 e. The molecule has 6 heterocycles. The van der Waals surface area contributed by atoms with E-state index in [1.807, 2.05) is 4.90 Å². The predicted molar refractivity (Wildman–Crippen MR) is 164 cm³/mol. The van der Waals surface area contributed by atoms with Crippen molar-refractivity contribution in [2.75, 3.05) is 37.7 Å². The SMILES string of the molecule is Cc1cc2[nH]ncc2c(-c2ccc3c(N4C[C@H]5CC[C@@](C=C(F)F)(C4)N5)nc(OCC45CCCN4C[C@H](F)C5)nc3c2F)c1C(F)(F)F. The molecule has 4 aliphatic heterocycles. The van der Waals surface area contributed by atoms with Gasteiger partial charge in [-0.05, 0) is 56.8 Å². The second-order valence-corrected chi connectivity index (χ2v) is 13.6. The summed E-state index contributed by atoms with van der Waals surface area (Å²) in [5.74, 6) is -0.803. The number of alkyl halides is 4. The summed E-state index contributed by atoms with van der Waals surface area (Å²) >= 11 is 0. The minimum Gasteiger partial charge on any atom is -0.461 e. The summed E-state index contributed by atoms with van der Waals surface area (Å²) in [6.45, 7) is 2.80. The lowest BCUT2D eigenvalue weighted by Gasteiger charge is -2.40. The highest BCUT2D eigenvalue weighted by Gasteiger charge is 2.50. The molecule has 4 fully saturated rings. The zero-order valence-electron chi connectivity index (χ0n) is 25.9. The number of H-pyrrole nitrogens is 1. The highest BCUT2D eigenvalue weighted by molar-refractivity contribution is 6.01. The van der Waals surface area contributed by atoms with Crippen LogP contribution >= 0.6 is 0 Å². The summed E-state index contributed by atoms with van der Waals surface area (Å²) in [6.07, 6.45) is -2.63. The molecular formula is C33H32F7N7O. The molecule has 48 heavy (non-hydrogen) atoms. The minimum atomic E-state index is -4.81. The van der Waals surface area contributed by atoms with E-state index in [1.165, 1.54) is 31.3 Å². The molecule has 254 valence electrons. The van der Waals surface area contributed by atoms with Gasteiger partial charge in [0.05, 0.1) is 28.4 Å². The molecule has 4 atom stereocenters. The lowest BCUT2D eigenvalue weighted by Crippen LogP contribution is -2.59. The predicted octanol–water partition coefficient (Wildman–Crippen LogP) is 6.69. The third-order valence-electron chi connectivity index (χ3n) is 10.5. The monoisotopic (exact) mass is 675 g/mol. The van der Waals surface area contributed by atoms with E-state index in [4.69, 9.17) is 4.74 Å². The average molecular weight is 676 g/mol. The fourth-order valence-corrected chi connectivity index (χ4v) is 8.59. The smallest absolute Gasteiger partial charge is 0.417 e. The first-order chi connectivity index (χ1) is 22.8. The average Bonchev–Trinajstić information content (AvgIpc) is 3.77. The molecule has 2 aromatic carbocycles. The molecule has 4 saturated heterocycles. The number of hydrogen-bond acceptors (Lipinski definition) is 7. The highest BCUT2D eigenvalue weighted by atomic mass is 19.4. The lowest BCUT2D eigenvalue weighted by molar-refractivity contribution is -0.137. The highest BCUT2D eigenvalue weighted by Crippen LogP contribution is 2.46. The first-order valence-corrected chi connectivity index (χ1v) is 16.0. The number of aromatic amines is 1. The number of benzene rings is 2. The van der Waals surface area contributed by atoms with Gasteiger partial charge < -0.3 is 15.0 Å². The molecule has 15 heteroatoms. The summed E-state index contributed by atoms with van der Waals surface area (Å²) < 4.78 is 108. The van der Waals surface area contributed by atoms with Crippen LogP contribution in [0.5, 0.6) is 6.01 Å². The second-order valence-electron chi connectivity index (χ2n) is 13.6. The van der Waals surface area contributed by atoms with Crippen molar-refractivity contribution in [3.63, 3.8) is 0 Å². The van der Waals surface area contributed by atoms with E-state index >= 15 is 4.39 Å². The van der Waals surface area contributed by atoms with Crippen molar-refractivity contribution >= 4 is 27.6 Å². The molecule has 2 bridgehead atoms. The third-order valence-corrected chi connectivity index (χ3v) is 10.5. The van der Waals surface area contributed by atoms with Crippen molar-refractivity contribution in [2.24, 2.45) is 0 Å². The van der Waals surface area contributed by atoms with Crippen molar-refractivity contribution in [3.8, 4) is 17.1 Å². The van der Waals surface area contributed by atoms with Crippen LogP contribution in [0.4, 0.5) is 36.6 Å². The maximum atomic E-state index is 16.9. The van der Waals surface area contributed by atoms with Gasteiger partial charge in [-0.1, -0.05) is 6.07 Å². The van der Waals surface area contributed by atoms with Crippen LogP contribution in [0.15, 0.2) is 36.6 Å². The van der Waals surface area contributed by atoms with Crippen molar-refractivity contribution in [1.82, 2.24) is 30.4 Å². The van der Waals surface area contributed by atoms with Crippen LogP contribution in [0.1, 0.15) is 43.2 Å². The first-order valence-electron chi connectivity index (χ1n) is 16.0. The molecule has 4 aromatic rings. The molecule has 2 N–H and O–H groups in total. The number of ether oxygens (including phenoxy) is 1. The van der Waals surface area contributed by atoms with Crippen molar-refractivity contribution in [1.29, 1.82) is 0 Å². The van der Waals surface area contributed by atoms with Crippen LogP contribution in [0, 0.1) is 12.7 Å². The first kappa shape index (κ1) is 31.3. The van der Waals surface area contributed by atoms with E-state index in [-0.39, 0.29) is 77.0 Å². The lowest BCUT2D eigenvalue weighted by atomic mass is 9.91. The number of nitrogens with zero attached hydrogens (tertiary/aromatic N) is 5. The number of aryl methyl sites for hydroxylation is 1. The Labute approximate surface area is 270 Å². The number of nitrogens with one attached hydrogen (secondary N) is 2. The molecular weight excluding hydrogens is 643 g/mol. The number of fused-ring (bicyclic) bond motifs is 5. The minimum absolute atomic E-state index is 0.0370. The van der Waals surface area contributed by atoms with E-state index in [2.05, 4.69) is 25.5 Å². The Morgan fingerprint density at radius 3 is 2.77 bits per heavy atom. The Morgan fingerprint density at radius 2 is 1.98 bits per heavy atom. The number of rotatable bonds is 6. The topological polar surface area (TPSA) is 82.2 Å². The van der Waals surface area contributed by atoms with E-state index < -0.39 is 40.9 Å². The van der Waals surface area contributed by atoms with Gasteiger partial charge in [-0.25, -0.2) is 8.78 Å². The number of halogens is 7. The van der Waals surface area contributed by atoms with Gasteiger partial charge in [0.1, 0.15) is 24.1 Å². The van der Waals surface area contributed by atoms with Gasteiger partial charge in [-0.3, -0.25) is 10.00 Å². The quantitative estimate of drug-likeness (QED) is 0.221. The fraction of sp³-hybridized carbons (Fsp3) is 0.485. The van der Waals surface area contributed by atoms with Gasteiger partial charge in [0.25, 0.3) is 6.08 Å². The second kappa shape index (κ2) is 11.0. The zero-order valence-corrected chi connectivity index (χ0v) is 25.9. The molecule has 4 aliphatic rings. The van der Waals surface area contributed by atoms with Crippen molar-refractivity contribution < 1.29 is 35.5 Å². The standard InChI is InChI=1S/C33H32F7N7O/c1-17-9-23-22(12-41-45-23)25(26(17)33(38,39)40)20-3-4-21-28(27(20)37)42-30(48-16-32-6-2-8-47(32)13-18(34)10-32)43-29(21)46-14-19-5-7-31(15-46,44-19)11-24(35)36/h3-4,9,11-12,18-19,44H,2,5-8,10,13-16H2,1H3,(H,41,45)/t18-,19-,31-,32?/m1/s1. The van der Waals surface area contributed by atoms with E-state index in [1.54, 1.807) is 4.90 Å². The van der Waals surface area contributed by atoms with Crippen molar-refractivity contribution in [2.45, 2.75) is 68.5 Å². The van der Waals surface area contributed by atoms with Gasteiger partial charge in [-0.2, -0.15) is 37.0 Å². The van der Waals surface area contributed by atoms with E-state index in [0.717, 1.165) is 19.0 Å². The number of piperazine rings is 1. The molecule has 8 rings (SSSR count). The van der Waals surface area contributed by atoms with Crippen LogP contribution in [0.2, 0.25) is 0 Å². The molecule has 0 aliphatic carbocycles. The molecule has 8 nitrogen and oxygen atoms in total. The van der Waals surface area contributed by atoms with E-state index in [0.29, 0.717) is 31.3 Å². The fourth-order valence-electron chi connectivity index (χ4n) is 8.59. The molecule has 0 amide bonds. The molecule has 0 saturated carbocycles. The summed E-state index contributed by atoms with van der Waals surface area (Å²) in [5.41, 5.74) is -3.41. The maximum absolute atomic E-state index is 16.9. The van der Waals surface area contributed by atoms with E-state index in [9.17, 15) is 26.3 Å². The summed E-state index contributed by atoms with van der Waals surface area (Å²) in [5, 5.41) is 10.1. The zero-order chi connectivity index (χ0) is 33.6. The van der Waals surface area contributed by atoms with Gasteiger partial charge >= 0.3 is 12.2 Å². The molecule has 1 unspecified atom stereocenters. The van der Waals surface area contributed by atoms with Gasteiger partial charge in [0, 0.05) is 60.1 Å². The van der Waals surface area contributed by atoms with Crippen LogP contribution in [0.25, 0.3) is 32.9 Å². The van der Waals surface area contributed by atoms with Crippen LogP contribution in [-0.4, -0.2) is 81.1 Å². The molecule has 0 radical (unpaired) electrons. The third kappa shape index (κ3) is 5.08. The Morgan fingerprint density at radius 1 is 1.15 bits per heavy atom. The Balaban J connectivity index is 1.29. The van der Waals surface area contributed by atoms with Gasteiger partial charge in [0.2, 0.25) is 0 Å². The Bertz CT molecular complexity index is 1960. The Kier molecular flexibility index (Phi) is 7.19. The summed E-state index contributed by atoms with van der Waals surface area (Å²) in [4.78, 5) is 12.9. The van der Waals surface area contributed by atoms with Crippen LogP contribution in [0.3, 0.4) is 0 Å². The van der Waals surface area contributed by atoms with Crippen molar-refractivity contribution in [3.05, 3.63) is 53.5 Å². The normalized spacial score (nSPS) is 27.3. The Hall–Kier alpha value is -3.98. The number of hydrogen-bond donors (Lipinski definition) is 2. The summed E-state index contributed by atoms with van der Waals surface area (Å²) in [7, 11) is 0. The largest absolute Gasteiger partial charge is 0.461 e. The summed E-state index contributed by atoms with van der Waals surface area (Å²) in [6, 6.07) is 3.67. The van der Waals surface area contributed by atoms with Gasteiger partial charge in [0.15, 0.2) is 5.82 Å². The number of aromatic nitrogens is 4.